The van der Waals surface area contributed by atoms with Crippen LogP contribution in [-0.2, 0) is 0 Å². The average Bonchev–Trinajstić information content (AvgIpc) is 2.24. The van der Waals surface area contributed by atoms with E-state index in [0.717, 1.165) is 18.4 Å². The minimum atomic E-state index is -1.40. The molecule has 0 atom stereocenters. The van der Waals surface area contributed by atoms with Crippen molar-refractivity contribution < 1.29 is 4.79 Å². The van der Waals surface area contributed by atoms with Crippen LogP contribution in [0.5, 0.6) is 0 Å². The molecular weight excluding hydrogens is 212 g/mol. The molecule has 0 amide bonds. The van der Waals surface area contributed by atoms with E-state index in [4.69, 9.17) is 0 Å². The van der Waals surface area contributed by atoms with Crippen LogP contribution < -0.4 is 5.19 Å². The number of hydrogen-bond acceptors (Lipinski definition) is 1. The first-order valence-corrected chi connectivity index (χ1v) is 9.59. The zero-order valence-corrected chi connectivity index (χ0v) is 11.8. The van der Waals surface area contributed by atoms with E-state index in [1.54, 1.807) is 0 Å². The predicted molar refractivity (Wildman–Crippen MR) is 73.3 cm³/mol. The van der Waals surface area contributed by atoms with Crippen LogP contribution in [0.2, 0.25) is 19.6 Å². The highest BCUT2D eigenvalue weighted by Gasteiger charge is 2.22. The number of benzene rings is 1. The van der Waals surface area contributed by atoms with Gasteiger partial charge in [0.25, 0.3) is 0 Å². The van der Waals surface area contributed by atoms with Gasteiger partial charge in [0, 0.05) is 12.0 Å². The van der Waals surface area contributed by atoms with Gasteiger partial charge in [-0.25, -0.2) is 0 Å². The van der Waals surface area contributed by atoms with Gasteiger partial charge in [0.15, 0.2) is 5.78 Å². The van der Waals surface area contributed by atoms with Gasteiger partial charge in [0.05, 0.1) is 8.07 Å². The SMILES string of the molecule is CCCCC(=O)c1ccccc1[Si](C)(C)C. The van der Waals surface area contributed by atoms with Gasteiger partial charge in [-0.1, -0.05) is 57.3 Å². The number of Topliss-reactive ketones (excluding diaryl/α,β-unsaturated/α-hetero) is 1. The van der Waals surface area contributed by atoms with Gasteiger partial charge in [-0.2, -0.15) is 0 Å². The van der Waals surface area contributed by atoms with Crippen LogP contribution in [0.3, 0.4) is 0 Å². The summed E-state index contributed by atoms with van der Waals surface area (Å²) in [6.07, 6.45) is 2.78. The second-order valence-corrected chi connectivity index (χ2v) is 10.4. The normalized spacial score (nSPS) is 11.5. The van der Waals surface area contributed by atoms with E-state index >= 15 is 0 Å². The molecule has 16 heavy (non-hydrogen) atoms. The molecule has 2 heteroatoms. The van der Waals surface area contributed by atoms with E-state index < -0.39 is 8.07 Å². The largest absolute Gasteiger partial charge is 0.294 e. The molecule has 0 fully saturated rings. The smallest absolute Gasteiger partial charge is 0.162 e. The number of ketones is 1. The van der Waals surface area contributed by atoms with Crippen LogP contribution in [0.25, 0.3) is 0 Å². The van der Waals surface area contributed by atoms with Crippen molar-refractivity contribution in [2.24, 2.45) is 0 Å². The van der Waals surface area contributed by atoms with Crippen molar-refractivity contribution >= 4 is 19.0 Å². The lowest BCUT2D eigenvalue weighted by atomic mass is 10.1. The maximum atomic E-state index is 12.1. The Hall–Kier alpha value is -0.893. The van der Waals surface area contributed by atoms with Gasteiger partial charge in [-0.15, -0.1) is 0 Å². The molecule has 0 aromatic heterocycles. The lowest BCUT2D eigenvalue weighted by Gasteiger charge is -2.20. The standard InChI is InChI=1S/C14H22OSi/c1-5-6-10-13(15)12-9-7-8-11-14(12)16(2,3)4/h7-9,11H,5-6,10H2,1-4H3. The summed E-state index contributed by atoms with van der Waals surface area (Å²) in [5.41, 5.74) is 0.968. The average molecular weight is 234 g/mol. The summed E-state index contributed by atoms with van der Waals surface area (Å²) in [6, 6.07) is 8.14. The molecule has 1 aromatic carbocycles. The van der Waals surface area contributed by atoms with E-state index in [-0.39, 0.29) is 0 Å². The van der Waals surface area contributed by atoms with Crippen LogP contribution in [-0.4, -0.2) is 13.9 Å². The lowest BCUT2D eigenvalue weighted by molar-refractivity contribution is 0.0981. The quantitative estimate of drug-likeness (QED) is 0.562. The third-order valence-corrected chi connectivity index (χ3v) is 4.84. The summed E-state index contributed by atoms with van der Waals surface area (Å²) in [7, 11) is -1.40. The van der Waals surface area contributed by atoms with Crippen LogP contribution in [0.4, 0.5) is 0 Å². The van der Waals surface area contributed by atoms with Crippen molar-refractivity contribution in [2.75, 3.05) is 0 Å². The van der Waals surface area contributed by atoms with Crippen molar-refractivity contribution in [3.05, 3.63) is 29.8 Å². The Bertz CT molecular complexity index is 363. The zero-order chi connectivity index (χ0) is 12.2. The Morgan fingerprint density at radius 1 is 1.19 bits per heavy atom. The molecule has 0 bridgehead atoms. The van der Waals surface area contributed by atoms with Gasteiger partial charge in [-0.3, -0.25) is 4.79 Å². The summed E-state index contributed by atoms with van der Waals surface area (Å²) in [5, 5.41) is 1.30. The molecule has 0 unspecified atom stereocenters. The fourth-order valence-electron chi connectivity index (χ4n) is 1.85. The second-order valence-electron chi connectivity index (χ2n) is 5.32. The lowest BCUT2D eigenvalue weighted by Crippen LogP contribution is -2.41. The van der Waals surface area contributed by atoms with Crippen LogP contribution in [0.1, 0.15) is 36.5 Å². The summed E-state index contributed by atoms with van der Waals surface area (Å²) in [4.78, 5) is 12.1. The highest BCUT2D eigenvalue weighted by Crippen LogP contribution is 2.10. The second kappa shape index (κ2) is 5.44. The summed E-state index contributed by atoms with van der Waals surface area (Å²) in [6.45, 7) is 8.99. The summed E-state index contributed by atoms with van der Waals surface area (Å²) >= 11 is 0. The molecule has 0 saturated carbocycles. The molecule has 0 heterocycles. The molecule has 0 radical (unpaired) electrons. The number of carbonyl (C=O) groups is 1. The topological polar surface area (TPSA) is 17.1 Å². The van der Waals surface area contributed by atoms with Crippen molar-refractivity contribution in [1.29, 1.82) is 0 Å². The van der Waals surface area contributed by atoms with E-state index in [1.807, 2.05) is 18.2 Å². The van der Waals surface area contributed by atoms with Gasteiger partial charge in [0.1, 0.15) is 0 Å². The third kappa shape index (κ3) is 3.31. The first kappa shape index (κ1) is 13.2. The van der Waals surface area contributed by atoms with Gasteiger partial charge >= 0.3 is 0 Å². The third-order valence-electron chi connectivity index (χ3n) is 2.79. The van der Waals surface area contributed by atoms with Crippen LogP contribution in [0.15, 0.2) is 24.3 Å². The monoisotopic (exact) mass is 234 g/mol. The molecule has 1 rings (SSSR count). The minimum Gasteiger partial charge on any atom is -0.294 e. The van der Waals surface area contributed by atoms with Crippen LogP contribution >= 0.6 is 0 Å². The van der Waals surface area contributed by atoms with Gasteiger partial charge < -0.3 is 0 Å². The molecule has 0 saturated heterocycles. The maximum Gasteiger partial charge on any atom is 0.162 e. The van der Waals surface area contributed by atoms with E-state index in [1.165, 1.54) is 5.19 Å². The number of unbranched alkanes of at least 4 members (excludes halogenated alkanes) is 1. The van der Waals surface area contributed by atoms with Crippen molar-refractivity contribution in [1.82, 2.24) is 0 Å². The molecule has 1 aromatic rings. The Labute approximate surface area is 99.9 Å². The molecule has 0 aliphatic carbocycles. The highest BCUT2D eigenvalue weighted by molar-refractivity contribution is 6.89. The molecule has 0 N–H and O–H groups in total. The molecule has 0 aliphatic rings. The fraction of sp³-hybridized carbons (Fsp3) is 0.500. The number of hydrogen-bond donors (Lipinski definition) is 0. The molecule has 0 spiro atoms. The van der Waals surface area contributed by atoms with Gasteiger partial charge in [-0.05, 0) is 11.6 Å². The molecule has 1 nitrogen and oxygen atoms in total. The molecule has 88 valence electrons. The Balaban J connectivity index is 3.00. The van der Waals surface area contributed by atoms with E-state index in [0.29, 0.717) is 12.2 Å². The maximum absolute atomic E-state index is 12.1. The highest BCUT2D eigenvalue weighted by atomic mass is 28.3. The zero-order valence-electron chi connectivity index (χ0n) is 10.8. The van der Waals surface area contributed by atoms with E-state index in [2.05, 4.69) is 32.6 Å². The fourth-order valence-corrected chi connectivity index (χ4v) is 3.48. The van der Waals surface area contributed by atoms with Crippen molar-refractivity contribution in [3.8, 4) is 0 Å². The Kier molecular flexibility index (Phi) is 4.48. The first-order valence-electron chi connectivity index (χ1n) is 6.09. The first-order chi connectivity index (χ1) is 7.46. The van der Waals surface area contributed by atoms with E-state index in [9.17, 15) is 4.79 Å². The Morgan fingerprint density at radius 2 is 1.81 bits per heavy atom. The van der Waals surface area contributed by atoms with Crippen LogP contribution in [0, 0.1) is 0 Å². The molecular formula is C14H22OSi. The van der Waals surface area contributed by atoms with Crippen molar-refractivity contribution in [3.63, 3.8) is 0 Å². The minimum absolute atomic E-state index is 0.319. The van der Waals surface area contributed by atoms with Gasteiger partial charge in [0.2, 0.25) is 0 Å². The number of carbonyl (C=O) groups excluding carboxylic acids is 1. The summed E-state index contributed by atoms with van der Waals surface area (Å²) < 4.78 is 0. The summed E-state index contributed by atoms with van der Waals surface area (Å²) in [5.74, 6) is 0.319. The molecule has 0 aliphatic heterocycles. The number of rotatable bonds is 5. The predicted octanol–water partition coefficient (Wildman–Crippen LogP) is 3.60. The Morgan fingerprint density at radius 3 is 2.38 bits per heavy atom. The van der Waals surface area contributed by atoms with Crippen molar-refractivity contribution in [2.45, 2.75) is 45.8 Å².